The molecule has 1 aromatic rings. The average Bonchev–Trinajstić information content (AvgIpc) is 2.19. The van der Waals surface area contributed by atoms with Crippen LogP contribution in [0.5, 0.6) is 0 Å². The lowest BCUT2D eigenvalue weighted by Gasteiger charge is -2.06. The van der Waals surface area contributed by atoms with Gasteiger partial charge in [0.2, 0.25) is 10.0 Å². The van der Waals surface area contributed by atoms with Crippen molar-refractivity contribution in [3.05, 3.63) is 29.6 Å². The molecule has 5 nitrogen and oxygen atoms in total. The van der Waals surface area contributed by atoms with Crippen molar-refractivity contribution in [1.29, 1.82) is 0 Å². The molecule has 1 aromatic carbocycles. The molecule has 0 spiro atoms. The molecule has 0 saturated heterocycles. The van der Waals surface area contributed by atoms with Crippen LogP contribution in [0.2, 0.25) is 0 Å². The van der Waals surface area contributed by atoms with Crippen LogP contribution in [0, 0.1) is 12.7 Å². The van der Waals surface area contributed by atoms with Crippen molar-refractivity contribution in [3.63, 3.8) is 0 Å². The zero-order valence-electron chi connectivity index (χ0n) is 8.40. The lowest BCUT2D eigenvalue weighted by Crippen LogP contribution is -2.30. The highest BCUT2D eigenvalue weighted by molar-refractivity contribution is 7.89. The van der Waals surface area contributed by atoms with Gasteiger partial charge in [-0.2, -0.15) is 4.72 Å². The van der Waals surface area contributed by atoms with Crippen LogP contribution >= 0.6 is 0 Å². The Hall–Kier alpha value is -1.47. The van der Waals surface area contributed by atoms with Crippen molar-refractivity contribution in [2.75, 3.05) is 6.54 Å². The standard InChI is InChI=1S/C9H10FNO4S/c1-6-2-3-7(10)8(4-6)16(14,15)11-5-9(12)13/h2-4,11H,5H2,1H3,(H,12,13). The summed E-state index contributed by atoms with van der Waals surface area (Å²) in [6, 6.07) is 3.58. The molecule has 0 bridgehead atoms. The summed E-state index contributed by atoms with van der Waals surface area (Å²) in [6.45, 7) is 0.825. The van der Waals surface area contributed by atoms with Crippen molar-refractivity contribution in [1.82, 2.24) is 4.72 Å². The molecule has 0 unspecified atom stereocenters. The monoisotopic (exact) mass is 247 g/mol. The van der Waals surface area contributed by atoms with Gasteiger partial charge in [0.15, 0.2) is 0 Å². The van der Waals surface area contributed by atoms with Gasteiger partial charge >= 0.3 is 5.97 Å². The van der Waals surface area contributed by atoms with Gasteiger partial charge in [-0.3, -0.25) is 4.79 Å². The van der Waals surface area contributed by atoms with Crippen LogP contribution in [0.3, 0.4) is 0 Å². The molecule has 0 aromatic heterocycles. The van der Waals surface area contributed by atoms with Crippen LogP contribution in [-0.4, -0.2) is 26.0 Å². The number of hydrogen-bond acceptors (Lipinski definition) is 3. The molecule has 0 amide bonds. The summed E-state index contributed by atoms with van der Waals surface area (Å²) in [5, 5.41) is 8.33. The Morgan fingerprint density at radius 3 is 2.69 bits per heavy atom. The van der Waals surface area contributed by atoms with Crippen molar-refractivity contribution in [3.8, 4) is 0 Å². The number of benzene rings is 1. The van der Waals surface area contributed by atoms with Crippen LogP contribution in [0.4, 0.5) is 4.39 Å². The van der Waals surface area contributed by atoms with Crippen molar-refractivity contribution in [2.24, 2.45) is 0 Å². The van der Waals surface area contributed by atoms with E-state index in [2.05, 4.69) is 0 Å². The number of rotatable bonds is 4. The molecule has 0 heterocycles. The lowest BCUT2D eigenvalue weighted by atomic mass is 10.2. The first-order valence-electron chi connectivity index (χ1n) is 4.30. The summed E-state index contributed by atoms with van der Waals surface area (Å²) >= 11 is 0. The van der Waals surface area contributed by atoms with Crippen molar-refractivity contribution < 1.29 is 22.7 Å². The third-order valence-corrected chi connectivity index (χ3v) is 3.21. The third-order valence-electron chi connectivity index (χ3n) is 1.79. The minimum Gasteiger partial charge on any atom is -0.480 e. The second-order valence-corrected chi connectivity index (χ2v) is 4.89. The van der Waals surface area contributed by atoms with Crippen LogP contribution < -0.4 is 4.72 Å². The van der Waals surface area contributed by atoms with E-state index >= 15 is 0 Å². The van der Waals surface area contributed by atoms with E-state index in [0.717, 1.165) is 12.1 Å². The predicted molar refractivity (Wildman–Crippen MR) is 54.0 cm³/mol. The molecule has 88 valence electrons. The van der Waals surface area contributed by atoms with E-state index in [1.807, 2.05) is 0 Å². The van der Waals surface area contributed by atoms with Crippen LogP contribution in [0.25, 0.3) is 0 Å². The summed E-state index contributed by atoms with van der Waals surface area (Å²) < 4.78 is 38.0. The number of aliphatic carboxylic acids is 1. The number of hydrogen-bond donors (Lipinski definition) is 2. The van der Waals surface area contributed by atoms with Gasteiger partial charge in [0.25, 0.3) is 0 Å². The average molecular weight is 247 g/mol. The number of carboxylic acid groups (broad SMARTS) is 1. The topological polar surface area (TPSA) is 83.5 Å². The maximum atomic E-state index is 13.2. The maximum absolute atomic E-state index is 13.2. The third kappa shape index (κ3) is 3.01. The summed E-state index contributed by atoms with van der Waals surface area (Å²) in [7, 11) is -4.11. The fraction of sp³-hybridized carbons (Fsp3) is 0.222. The molecule has 0 aliphatic carbocycles. The summed E-state index contributed by atoms with van der Waals surface area (Å²) in [5.41, 5.74) is 0.567. The van der Waals surface area contributed by atoms with Gasteiger partial charge in [0.05, 0.1) is 0 Å². The largest absolute Gasteiger partial charge is 0.480 e. The number of aryl methyl sites for hydroxylation is 1. The van der Waals surface area contributed by atoms with E-state index < -0.39 is 33.3 Å². The summed E-state index contributed by atoms with van der Waals surface area (Å²) in [4.78, 5) is 9.66. The first-order valence-corrected chi connectivity index (χ1v) is 5.79. The second-order valence-electron chi connectivity index (χ2n) is 3.15. The molecule has 2 N–H and O–H groups in total. The molecule has 0 saturated carbocycles. The Morgan fingerprint density at radius 1 is 1.50 bits per heavy atom. The van der Waals surface area contributed by atoms with Gasteiger partial charge in [0.1, 0.15) is 17.3 Å². The quantitative estimate of drug-likeness (QED) is 0.811. The van der Waals surface area contributed by atoms with E-state index in [9.17, 15) is 17.6 Å². The Bertz CT molecular complexity index is 512. The minimum atomic E-state index is -4.11. The molecule has 0 fully saturated rings. The molecule has 7 heteroatoms. The van der Waals surface area contributed by atoms with E-state index in [1.165, 1.54) is 6.07 Å². The molecular formula is C9H10FNO4S. The van der Waals surface area contributed by atoms with Gasteiger partial charge in [-0.15, -0.1) is 0 Å². The predicted octanol–water partition coefficient (Wildman–Crippen LogP) is 0.497. The van der Waals surface area contributed by atoms with Gasteiger partial charge in [-0.1, -0.05) is 6.07 Å². The van der Waals surface area contributed by atoms with Gasteiger partial charge in [-0.05, 0) is 24.6 Å². The smallest absolute Gasteiger partial charge is 0.318 e. The molecule has 0 atom stereocenters. The van der Waals surface area contributed by atoms with Gasteiger partial charge < -0.3 is 5.11 Å². The zero-order valence-corrected chi connectivity index (χ0v) is 9.21. The molecule has 0 radical (unpaired) electrons. The normalized spacial score (nSPS) is 11.4. The Morgan fingerprint density at radius 2 is 2.12 bits per heavy atom. The first kappa shape index (κ1) is 12.6. The van der Waals surface area contributed by atoms with Crippen molar-refractivity contribution >= 4 is 16.0 Å². The highest BCUT2D eigenvalue weighted by atomic mass is 32.2. The van der Waals surface area contributed by atoms with Crippen LogP contribution in [-0.2, 0) is 14.8 Å². The van der Waals surface area contributed by atoms with E-state index in [-0.39, 0.29) is 0 Å². The lowest BCUT2D eigenvalue weighted by molar-refractivity contribution is -0.135. The number of sulfonamides is 1. The fourth-order valence-corrected chi connectivity index (χ4v) is 2.19. The van der Waals surface area contributed by atoms with Gasteiger partial charge in [-0.25, -0.2) is 12.8 Å². The van der Waals surface area contributed by atoms with Crippen LogP contribution in [0.15, 0.2) is 23.1 Å². The van der Waals surface area contributed by atoms with E-state index in [4.69, 9.17) is 5.11 Å². The number of carboxylic acids is 1. The van der Waals surface area contributed by atoms with E-state index in [1.54, 1.807) is 11.6 Å². The second kappa shape index (κ2) is 4.58. The first-order chi connectivity index (χ1) is 7.33. The van der Waals surface area contributed by atoms with E-state index in [0.29, 0.717) is 5.56 Å². The molecule has 0 aliphatic rings. The maximum Gasteiger partial charge on any atom is 0.318 e. The van der Waals surface area contributed by atoms with Crippen LogP contribution in [0.1, 0.15) is 5.56 Å². The molecular weight excluding hydrogens is 237 g/mol. The van der Waals surface area contributed by atoms with Crippen molar-refractivity contribution in [2.45, 2.75) is 11.8 Å². The number of halogens is 1. The number of carbonyl (C=O) groups is 1. The Balaban J connectivity index is 3.07. The summed E-state index contributed by atoms with van der Waals surface area (Å²) in [5.74, 6) is -2.25. The fourth-order valence-electron chi connectivity index (χ4n) is 1.05. The minimum absolute atomic E-state index is 0.547. The molecule has 16 heavy (non-hydrogen) atoms. The Labute approximate surface area is 92.0 Å². The van der Waals surface area contributed by atoms with Gasteiger partial charge in [0, 0.05) is 0 Å². The Kier molecular flexibility index (Phi) is 3.61. The SMILES string of the molecule is Cc1ccc(F)c(S(=O)(=O)NCC(=O)O)c1. The molecule has 1 rings (SSSR count). The summed E-state index contributed by atoms with van der Waals surface area (Å²) in [6.07, 6.45) is 0. The highest BCUT2D eigenvalue weighted by Crippen LogP contribution is 2.15. The number of nitrogens with one attached hydrogen (secondary N) is 1. The highest BCUT2D eigenvalue weighted by Gasteiger charge is 2.19. The zero-order chi connectivity index (χ0) is 12.3. The molecule has 0 aliphatic heterocycles.